The van der Waals surface area contributed by atoms with Gasteiger partial charge in [0.2, 0.25) is 10.0 Å². The van der Waals surface area contributed by atoms with Crippen LogP contribution in [-0.4, -0.2) is 22.1 Å². The predicted molar refractivity (Wildman–Crippen MR) is 82.9 cm³/mol. The molecule has 0 aliphatic heterocycles. The second-order valence-electron chi connectivity index (χ2n) is 4.38. The summed E-state index contributed by atoms with van der Waals surface area (Å²) in [5.74, 6) is 1.16. The van der Waals surface area contributed by atoms with Crippen LogP contribution in [0.1, 0.15) is 12.2 Å². The number of benzene rings is 1. The molecule has 1 N–H and O–H groups in total. The Bertz CT molecular complexity index is 683. The van der Waals surface area contributed by atoms with E-state index < -0.39 is 10.0 Å². The fourth-order valence-electron chi connectivity index (χ4n) is 1.86. The summed E-state index contributed by atoms with van der Waals surface area (Å²) >= 11 is 3.27. The highest BCUT2D eigenvalue weighted by atomic mass is 79.9. The fourth-order valence-corrected chi connectivity index (χ4v) is 3.64. The lowest BCUT2D eigenvalue weighted by Gasteiger charge is -2.11. The van der Waals surface area contributed by atoms with Gasteiger partial charge in [-0.1, -0.05) is 15.9 Å². The number of ether oxygens (including phenoxy) is 1. The van der Waals surface area contributed by atoms with Gasteiger partial charge in [-0.2, -0.15) is 0 Å². The molecule has 0 spiro atoms. The molecule has 2 aromatic rings. The van der Waals surface area contributed by atoms with Crippen molar-refractivity contribution in [1.29, 1.82) is 0 Å². The van der Waals surface area contributed by atoms with Gasteiger partial charge in [-0.3, -0.25) is 0 Å². The maximum Gasteiger partial charge on any atom is 0.244 e. The normalized spacial score (nSPS) is 11.5. The summed E-state index contributed by atoms with van der Waals surface area (Å²) in [6, 6.07) is 8.54. The van der Waals surface area contributed by atoms with E-state index in [1.807, 2.05) is 12.1 Å². The van der Waals surface area contributed by atoms with Crippen molar-refractivity contribution in [3.05, 3.63) is 46.8 Å². The van der Waals surface area contributed by atoms with Crippen LogP contribution < -0.4 is 9.46 Å². The van der Waals surface area contributed by atoms with Crippen LogP contribution in [-0.2, 0) is 16.4 Å². The van der Waals surface area contributed by atoms with Gasteiger partial charge >= 0.3 is 0 Å². The van der Waals surface area contributed by atoms with E-state index in [0.717, 1.165) is 5.76 Å². The topological polar surface area (TPSA) is 68.5 Å². The Morgan fingerprint density at radius 3 is 2.81 bits per heavy atom. The molecule has 0 saturated carbocycles. The first kappa shape index (κ1) is 16.1. The Balaban J connectivity index is 1.99. The number of methoxy groups -OCH3 is 1. The van der Waals surface area contributed by atoms with Crippen molar-refractivity contribution in [1.82, 2.24) is 4.72 Å². The zero-order valence-corrected chi connectivity index (χ0v) is 13.9. The first-order valence-electron chi connectivity index (χ1n) is 6.38. The number of rotatable bonds is 7. The van der Waals surface area contributed by atoms with Crippen molar-refractivity contribution < 1.29 is 17.6 Å². The van der Waals surface area contributed by atoms with Crippen LogP contribution in [0, 0.1) is 0 Å². The van der Waals surface area contributed by atoms with Crippen molar-refractivity contribution in [3.63, 3.8) is 0 Å². The van der Waals surface area contributed by atoms with Gasteiger partial charge in [0.25, 0.3) is 0 Å². The minimum Gasteiger partial charge on any atom is -0.495 e. The van der Waals surface area contributed by atoms with E-state index in [0.29, 0.717) is 29.6 Å². The van der Waals surface area contributed by atoms with Crippen LogP contribution in [0.25, 0.3) is 0 Å². The van der Waals surface area contributed by atoms with Crippen molar-refractivity contribution >= 4 is 26.0 Å². The maximum atomic E-state index is 12.3. The number of halogens is 1. The van der Waals surface area contributed by atoms with Gasteiger partial charge in [0.05, 0.1) is 13.4 Å². The molecule has 0 bridgehead atoms. The fraction of sp³-hybridized carbons (Fsp3) is 0.286. The van der Waals surface area contributed by atoms with Crippen molar-refractivity contribution in [2.45, 2.75) is 17.7 Å². The quantitative estimate of drug-likeness (QED) is 0.757. The summed E-state index contributed by atoms with van der Waals surface area (Å²) in [6.07, 6.45) is 2.94. The largest absolute Gasteiger partial charge is 0.495 e. The standard InChI is InChI=1S/C14H16BrNO4S/c1-19-13-7-6-11(15)10-14(13)21(17,18)16-8-2-4-12-5-3-9-20-12/h3,5-7,9-10,16H,2,4,8H2,1H3. The number of hydrogen-bond donors (Lipinski definition) is 1. The summed E-state index contributed by atoms with van der Waals surface area (Å²) in [6.45, 7) is 0.332. The summed E-state index contributed by atoms with van der Waals surface area (Å²) in [5.41, 5.74) is 0. The molecular formula is C14H16BrNO4S. The van der Waals surface area contributed by atoms with E-state index in [1.165, 1.54) is 13.2 Å². The van der Waals surface area contributed by atoms with Crippen molar-refractivity contribution in [2.24, 2.45) is 0 Å². The number of nitrogens with one attached hydrogen (secondary N) is 1. The minimum atomic E-state index is -3.60. The van der Waals surface area contributed by atoms with Gasteiger partial charge in [0.1, 0.15) is 16.4 Å². The molecule has 5 nitrogen and oxygen atoms in total. The number of hydrogen-bond acceptors (Lipinski definition) is 4. The third kappa shape index (κ3) is 4.33. The molecule has 114 valence electrons. The SMILES string of the molecule is COc1ccc(Br)cc1S(=O)(=O)NCCCc1ccco1. The average Bonchev–Trinajstić information content (AvgIpc) is 2.97. The number of aryl methyl sites for hydroxylation is 1. The van der Waals surface area contributed by atoms with Crippen LogP contribution >= 0.6 is 15.9 Å². The van der Waals surface area contributed by atoms with E-state index in [9.17, 15) is 8.42 Å². The van der Waals surface area contributed by atoms with Crippen molar-refractivity contribution in [3.8, 4) is 5.75 Å². The molecule has 21 heavy (non-hydrogen) atoms. The molecule has 0 fully saturated rings. The Morgan fingerprint density at radius 2 is 2.14 bits per heavy atom. The Kier molecular flexibility index (Phi) is 5.44. The molecule has 0 aliphatic rings. The molecule has 0 aliphatic carbocycles. The van der Waals surface area contributed by atoms with Crippen LogP contribution in [0.5, 0.6) is 5.75 Å². The lowest BCUT2D eigenvalue weighted by molar-refractivity contribution is 0.402. The van der Waals surface area contributed by atoms with Crippen LogP contribution in [0.2, 0.25) is 0 Å². The molecule has 1 heterocycles. The van der Waals surface area contributed by atoms with Crippen LogP contribution in [0.4, 0.5) is 0 Å². The molecule has 0 amide bonds. The Labute approximate surface area is 132 Å². The molecule has 1 aromatic carbocycles. The first-order valence-corrected chi connectivity index (χ1v) is 8.66. The summed E-state index contributed by atoms with van der Waals surface area (Å²) in [5, 5.41) is 0. The smallest absolute Gasteiger partial charge is 0.244 e. The Hall–Kier alpha value is -1.31. The average molecular weight is 374 g/mol. The van der Waals surface area contributed by atoms with Crippen molar-refractivity contribution in [2.75, 3.05) is 13.7 Å². The lowest BCUT2D eigenvalue weighted by atomic mass is 10.2. The van der Waals surface area contributed by atoms with Crippen LogP contribution in [0.3, 0.4) is 0 Å². The second kappa shape index (κ2) is 7.11. The van der Waals surface area contributed by atoms with Gasteiger partial charge in [-0.15, -0.1) is 0 Å². The van der Waals surface area contributed by atoms with Gasteiger partial charge in [-0.05, 0) is 36.8 Å². The zero-order valence-electron chi connectivity index (χ0n) is 11.5. The third-order valence-corrected chi connectivity index (χ3v) is 4.86. The van der Waals surface area contributed by atoms with E-state index >= 15 is 0 Å². The molecule has 0 saturated heterocycles. The number of furan rings is 1. The minimum absolute atomic E-state index is 0.123. The summed E-state index contributed by atoms with van der Waals surface area (Å²) in [7, 11) is -2.16. The monoisotopic (exact) mass is 373 g/mol. The van der Waals surface area contributed by atoms with E-state index in [-0.39, 0.29) is 4.90 Å². The highest BCUT2D eigenvalue weighted by Crippen LogP contribution is 2.27. The zero-order chi connectivity index (χ0) is 15.3. The maximum absolute atomic E-state index is 12.3. The Morgan fingerprint density at radius 1 is 1.33 bits per heavy atom. The molecule has 1 aromatic heterocycles. The third-order valence-electron chi connectivity index (χ3n) is 2.89. The lowest BCUT2D eigenvalue weighted by Crippen LogP contribution is -2.25. The van der Waals surface area contributed by atoms with Gasteiger partial charge in [0.15, 0.2) is 0 Å². The summed E-state index contributed by atoms with van der Waals surface area (Å²) in [4.78, 5) is 0.123. The molecular weight excluding hydrogens is 358 g/mol. The molecule has 7 heteroatoms. The number of sulfonamides is 1. The summed E-state index contributed by atoms with van der Waals surface area (Å²) < 4.78 is 38.1. The van der Waals surface area contributed by atoms with Gasteiger partial charge < -0.3 is 9.15 Å². The van der Waals surface area contributed by atoms with E-state index in [1.54, 1.807) is 18.4 Å². The second-order valence-corrected chi connectivity index (χ2v) is 7.03. The van der Waals surface area contributed by atoms with Gasteiger partial charge in [-0.25, -0.2) is 13.1 Å². The highest BCUT2D eigenvalue weighted by Gasteiger charge is 2.19. The van der Waals surface area contributed by atoms with Crippen LogP contribution in [0.15, 0.2) is 50.4 Å². The molecule has 0 radical (unpaired) electrons. The van der Waals surface area contributed by atoms with E-state index in [2.05, 4.69) is 20.7 Å². The predicted octanol–water partition coefficient (Wildman–Crippen LogP) is 2.96. The van der Waals surface area contributed by atoms with E-state index in [4.69, 9.17) is 9.15 Å². The molecule has 2 rings (SSSR count). The highest BCUT2D eigenvalue weighted by molar-refractivity contribution is 9.10. The first-order chi connectivity index (χ1) is 10.0. The molecule has 0 atom stereocenters. The van der Waals surface area contributed by atoms with Gasteiger partial charge in [0, 0.05) is 17.4 Å². The molecule has 0 unspecified atom stereocenters.